The van der Waals surface area contributed by atoms with E-state index < -0.39 is 22.3 Å². The van der Waals surface area contributed by atoms with Gasteiger partial charge in [-0.1, -0.05) is 18.6 Å². The van der Waals surface area contributed by atoms with Gasteiger partial charge >= 0.3 is 5.97 Å². The second-order valence-electron chi connectivity index (χ2n) is 6.91. The number of allylic oxidation sites excluding steroid dienone is 2. The Morgan fingerprint density at radius 3 is 2.90 bits per heavy atom. The number of esters is 1. The lowest BCUT2D eigenvalue weighted by atomic mass is 9.65. The van der Waals surface area contributed by atoms with Gasteiger partial charge in [-0.15, -0.1) is 0 Å². The Labute approximate surface area is 125 Å². The summed E-state index contributed by atoms with van der Waals surface area (Å²) < 4.78 is 34.3. The molecule has 0 amide bonds. The van der Waals surface area contributed by atoms with Gasteiger partial charge in [-0.25, -0.2) is 0 Å². The Hall–Kier alpha value is -0.880. The lowest BCUT2D eigenvalue weighted by Gasteiger charge is -2.44. The molecule has 118 valence electrons. The minimum atomic E-state index is -3.59. The first-order chi connectivity index (χ1) is 9.77. The fraction of sp³-hybridized carbons (Fsp3) is 0.800. The molecular weight excluding hydrogens is 292 g/mol. The van der Waals surface area contributed by atoms with Gasteiger partial charge in [-0.2, -0.15) is 8.42 Å². The van der Waals surface area contributed by atoms with Crippen LogP contribution in [0.3, 0.4) is 0 Å². The Morgan fingerprint density at radius 1 is 1.43 bits per heavy atom. The summed E-state index contributed by atoms with van der Waals surface area (Å²) in [6.45, 7) is 2.06. The van der Waals surface area contributed by atoms with Crippen molar-refractivity contribution in [2.75, 3.05) is 6.26 Å². The van der Waals surface area contributed by atoms with E-state index in [1.54, 1.807) is 0 Å². The maximum atomic E-state index is 11.7. The molecule has 1 aliphatic heterocycles. The van der Waals surface area contributed by atoms with Crippen molar-refractivity contribution < 1.29 is 22.1 Å². The minimum Gasteiger partial charge on any atom is -0.459 e. The van der Waals surface area contributed by atoms with E-state index in [0.717, 1.165) is 38.4 Å². The molecule has 0 aromatic carbocycles. The Kier molecular flexibility index (Phi) is 3.64. The Balaban J connectivity index is 1.99. The van der Waals surface area contributed by atoms with Crippen LogP contribution in [0.15, 0.2) is 11.6 Å². The van der Waals surface area contributed by atoms with Gasteiger partial charge in [0.15, 0.2) is 0 Å². The SMILES string of the molecule is C[C@]12CCC=C(CC[C@H]3CC(=O)O[C@H]3[C@@H]1OS(C)(=O)=O)C2. The lowest BCUT2D eigenvalue weighted by Crippen LogP contribution is -2.49. The molecule has 0 aromatic rings. The number of fused-ring (bicyclic) bond motifs is 3. The first-order valence-corrected chi connectivity index (χ1v) is 9.34. The molecule has 3 rings (SSSR count). The highest BCUT2D eigenvalue weighted by molar-refractivity contribution is 7.86. The van der Waals surface area contributed by atoms with Gasteiger partial charge in [0, 0.05) is 11.3 Å². The van der Waals surface area contributed by atoms with Crippen LogP contribution in [0.5, 0.6) is 0 Å². The third-order valence-electron chi connectivity index (χ3n) is 5.04. The summed E-state index contributed by atoms with van der Waals surface area (Å²) >= 11 is 0. The highest BCUT2D eigenvalue weighted by Gasteiger charge is 2.51. The zero-order valence-corrected chi connectivity index (χ0v) is 13.3. The normalized spacial score (nSPS) is 39.8. The van der Waals surface area contributed by atoms with Crippen LogP contribution in [-0.2, 0) is 23.8 Å². The van der Waals surface area contributed by atoms with Gasteiger partial charge in [0.05, 0.1) is 12.7 Å². The van der Waals surface area contributed by atoms with Crippen molar-refractivity contribution >= 4 is 16.1 Å². The molecule has 2 fully saturated rings. The predicted molar refractivity (Wildman–Crippen MR) is 77.0 cm³/mol. The molecule has 21 heavy (non-hydrogen) atoms. The largest absolute Gasteiger partial charge is 0.459 e. The Bertz CT molecular complexity index is 579. The smallest absolute Gasteiger partial charge is 0.306 e. The van der Waals surface area contributed by atoms with Crippen molar-refractivity contribution in [3.05, 3.63) is 11.6 Å². The number of rotatable bonds is 2. The number of carbonyl (C=O) groups is 1. The predicted octanol–water partition coefficient (Wildman–Crippen LogP) is 2.17. The first-order valence-electron chi connectivity index (χ1n) is 7.52. The molecule has 1 heterocycles. The van der Waals surface area contributed by atoms with Crippen LogP contribution in [-0.4, -0.2) is 32.9 Å². The Morgan fingerprint density at radius 2 is 2.19 bits per heavy atom. The van der Waals surface area contributed by atoms with Gasteiger partial charge in [0.25, 0.3) is 10.1 Å². The van der Waals surface area contributed by atoms with E-state index in [2.05, 4.69) is 13.0 Å². The van der Waals surface area contributed by atoms with Crippen LogP contribution in [0.4, 0.5) is 0 Å². The van der Waals surface area contributed by atoms with Gasteiger partial charge < -0.3 is 4.74 Å². The van der Waals surface area contributed by atoms with E-state index in [9.17, 15) is 13.2 Å². The second kappa shape index (κ2) is 5.09. The molecule has 5 nitrogen and oxygen atoms in total. The molecule has 3 aliphatic rings. The third kappa shape index (κ3) is 3.01. The molecule has 4 atom stereocenters. The number of hydrogen-bond donors (Lipinski definition) is 0. The van der Waals surface area contributed by atoms with Crippen molar-refractivity contribution in [2.24, 2.45) is 11.3 Å². The molecule has 2 bridgehead atoms. The fourth-order valence-corrected chi connectivity index (χ4v) is 4.77. The van der Waals surface area contributed by atoms with E-state index in [1.807, 2.05) is 0 Å². The molecule has 0 N–H and O–H groups in total. The fourth-order valence-electron chi connectivity index (χ4n) is 4.05. The quantitative estimate of drug-likeness (QED) is 0.444. The number of hydrogen-bond acceptors (Lipinski definition) is 5. The summed E-state index contributed by atoms with van der Waals surface area (Å²) in [4.78, 5) is 11.7. The maximum absolute atomic E-state index is 11.7. The first kappa shape index (κ1) is 15.0. The van der Waals surface area contributed by atoms with Crippen molar-refractivity contribution in [1.29, 1.82) is 0 Å². The van der Waals surface area contributed by atoms with Crippen LogP contribution < -0.4 is 0 Å². The summed E-state index contributed by atoms with van der Waals surface area (Å²) in [6.07, 6.45) is 7.15. The molecule has 6 heteroatoms. The average molecular weight is 314 g/mol. The van der Waals surface area contributed by atoms with Crippen LogP contribution in [0.25, 0.3) is 0 Å². The maximum Gasteiger partial charge on any atom is 0.306 e. The highest BCUT2D eigenvalue weighted by atomic mass is 32.2. The molecule has 2 aliphatic carbocycles. The van der Waals surface area contributed by atoms with Crippen molar-refractivity contribution in [2.45, 2.75) is 57.7 Å². The van der Waals surface area contributed by atoms with Crippen LogP contribution in [0.1, 0.15) is 45.4 Å². The minimum absolute atomic E-state index is 0.0605. The van der Waals surface area contributed by atoms with Crippen molar-refractivity contribution in [3.63, 3.8) is 0 Å². The summed E-state index contributed by atoms with van der Waals surface area (Å²) in [7, 11) is -3.59. The molecule has 0 unspecified atom stereocenters. The third-order valence-corrected chi connectivity index (χ3v) is 5.60. The van der Waals surface area contributed by atoms with Gasteiger partial charge in [0.2, 0.25) is 0 Å². The topological polar surface area (TPSA) is 69.7 Å². The number of carbonyl (C=O) groups excluding carboxylic acids is 1. The summed E-state index contributed by atoms with van der Waals surface area (Å²) in [6, 6.07) is 0. The summed E-state index contributed by atoms with van der Waals surface area (Å²) in [5, 5.41) is 0. The zero-order valence-electron chi connectivity index (χ0n) is 12.5. The molecule has 0 spiro atoms. The molecule has 0 aromatic heterocycles. The number of ether oxygens (including phenoxy) is 1. The van der Waals surface area contributed by atoms with Crippen LogP contribution in [0.2, 0.25) is 0 Å². The van der Waals surface area contributed by atoms with Gasteiger partial charge in [0.1, 0.15) is 12.2 Å². The van der Waals surface area contributed by atoms with E-state index in [4.69, 9.17) is 8.92 Å². The lowest BCUT2D eigenvalue weighted by molar-refractivity contribution is -0.149. The highest BCUT2D eigenvalue weighted by Crippen LogP contribution is 2.49. The zero-order chi connectivity index (χ0) is 15.3. The van der Waals surface area contributed by atoms with Crippen molar-refractivity contribution in [3.8, 4) is 0 Å². The summed E-state index contributed by atoms with van der Waals surface area (Å²) in [5.74, 6) is -0.175. The van der Waals surface area contributed by atoms with Gasteiger partial charge in [-0.3, -0.25) is 8.98 Å². The van der Waals surface area contributed by atoms with Crippen LogP contribution >= 0.6 is 0 Å². The van der Waals surface area contributed by atoms with E-state index in [0.29, 0.717) is 6.42 Å². The second-order valence-corrected chi connectivity index (χ2v) is 8.51. The molecule has 1 saturated heterocycles. The monoisotopic (exact) mass is 314 g/mol. The van der Waals surface area contributed by atoms with Crippen LogP contribution in [0, 0.1) is 11.3 Å². The average Bonchev–Trinajstić information content (AvgIpc) is 2.72. The van der Waals surface area contributed by atoms with Crippen molar-refractivity contribution in [1.82, 2.24) is 0 Å². The van der Waals surface area contributed by atoms with E-state index in [-0.39, 0.29) is 17.3 Å². The molecule has 1 saturated carbocycles. The van der Waals surface area contributed by atoms with Gasteiger partial charge in [-0.05, 0) is 32.1 Å². The standard InChI is InChI=1S/C15H22O5S/c1-15-7-3-4-10(9-15)5-6-11-8-12(16)19-13(11)14(15)20-21(2,17)18/h4,11,13-14H,3,5-9H2,1-2H3/t11-,13+,14-,15+/m0/s1. The van der Waals surface area contributed by atoms with E-state index in [1.165, 1.54) is 5.57 Å². The molecule has 0 radical (unpaired) electrons. The molecular formula is C15H22O5S. The van der Waals surface area contributed by atoms with E-state index >= 15 is 0 Å². The summed E-state index contributed by atoms with van der Waals surface area (Å²) in [5.41, 5.74) is 1.07.